The highest BCUT2D eigenvalue weighted by Gasteiger charge is 2.22. The fourth-order valence-electron chi connectivity index (χ4n) is 3.87. The van der Waals surface area contributed by atoms with Crippen LogP contribution in [0.4, 0.5) is 4.39 Å². The van der Waals surface area contributed by atoms with Crippen molar-refractivity contribution in [2.45, 2.75) is 40.3 Å². The highest BCUT2D eigenvalue weighted by atomic mass is 35.5. The summed E-state index contributed by atoms with van der Waals surface area (Å²) < 4.78 is 40.8. The monoisotopic (exact) mass is 712 g/mol. The summed E-state index contributed by atoms with van der Waals surface area (Å²) in [4.78, 5) is 95.7. The number of halogens is 2. The van der Waals surface area contributed by atoms with Crippen molar-refractivity contribution in [1.82, 2.24) is 19.1 Å². The Balaban J connectivity index is 1.56. The third-order valence-electron chi connectivity index (χ3n) is 6.32. The molecule has 50 heavy (non-hydrogen) atoms. The molecule has 0 saturated heterocycles. The van der Waals surface area contributed by atoms with Crippen molar-refractivity contribution in [3.8, 4) is 23.4 Å². The molecule has 0 aliphatic rings. The van der Waals surface area contributed by atoms with Gasteiger partial charge in [0.15, 0.2) is 5.75 Å². The second kappa shape index (κ2) is 16.4. The Hall–Kier alpha value is -6.07. The Morgan fingerprint density at radius 1 is 0.800 bits per heavy atom. The lowest BCUT2D eigenvalue weighted by molar-refractivity contribution is -0.134. The highest BCUT2D eigenvalue weighted by molar-refractivity contribution is 6.32. The van der Waals surface area contributed by atoms with Crippen LogP contribution in [0.2, 0.25) is 5.02 Å². The second-order valence-electron chi connectivity index (χ2n) is 9.80. The lowest BCUT2D eigenvalue weighted by Gasteiger charge is -2.11. The number of aromatic nitrogens is 4. The first-order chi connectivity index (χ1) is 23.8. The van der Waals surface area contributed by atoms with E-state index in [4.69, 9.17) is 35.3 Å². The fraction of sp³-hybridized carbons (Fsp3) is 0.219. The molecule has 4 aromatic rings. The third kappa shape index (κ3) is 8.88. The van der Waals surface area contributed by atoms with E-state index in [1.54, 1.807) is 6.92 Å². The molecule has 0 aliphatic heterocycles. The maximum absolute atomic E-state index is 14.3. The highest BCUT2D eigenvalue weighted by Crippen LogP contribution is 2.29. The summed E-state index contributed by atoms with van der Waals surface area (Å²) in [5.74, 6) is -7.56. The van der Waals surface area contributed by atoms with Crippen LogP contribution < -0.4 is 30.2 Å². The summed E-state index contributed by atoms with van der Waals surface area (Å²) >= 11 is 6.15. The molecule has 0 bridgehead atoms. The summed E-state index contributed by atoms with van der Waals surface area (Å²) in [6, 6.07) is 7.81. The minimum Gasteiger partial charge on any atom is -0.421 e. The predicted octanol–water partition coefficient (Wildman–Crippen LogP) is 3.34. The van der Waals surface area contributed by atoms with Gasteiger partial charge in [-0.3, -0.25) is 23.7 Å². The van der Waals surface area contributed by atoms with Crippen molar-refractivity contribution >= 4 is 41.4 Å². The SMILES string of the molecule is CCOCn1cc(F)c(=O)n(C(=O)c2cccc(C(=O)Oc3cc(OC(=O)c4cc(OC(=O)CC)nc(OC(=O)CC)c4)c(Cl)cn3)c2)c1=O. The number of hydrogen-bond acceptors (Lipinski definition) is 14. The molecule has 3 aromatic heterocycles. The molecule has 0 saturated carbocycles. The minimum absolute atomic E-state index is 0.0156. The number of pyridine rings is 2. The first-order valence-corrected chi connectivity index (χ1v) is 15.0. The van der Waals surface area contributed by atoms with Gasteiger partial charge in [-0.1, -0.05) is 31.5 Å². The fourth-order valence-corrected chi connectivity index (χ4v) is 4.01. The zero-order chi connectivity index (χ0) is 36.5. The maximum Gasteiger partial charge on any atom is 0.344 e. The van der Waals surface area contributed by atoms with Gasteiger partial charge in [-0.2, -0.15) is 13.9 Å². The number of esters is 4. The molecule has 1 aromatic carbocycles. The van der Waals surface area contributed by atoms with Crippen molar-refractivity contribution in [2.75, 3.05) is 6.61 Å². The molecule has 0 amide bonds. The number of hydrogen-bond donors (Lipinski definition) is 0. The number of rotatable bonds is 12. The third-order valence-corrected chi connectivity index (χ3v) is 6.60. The predicted molar refractivity (Wildman–Crippen MR) is 168 cm³/mol. The van der Waals surface area contributed by atoms with Crippen molar-refractivity contribution < 1.29 is 52.0 Å². The number of carbonyl (C=O) groups excluding carboxylic acids is 5. The topological polar surface area (TPSA) is 201 Å². The molecule has 18 heteroatoms. The molecule has 4 rings (SSSR count). The van der Waals surface area contributed by atoms with Crippen LogP contribution in [0.5, 0.6) is 23.4 Å². The van der Waals surface area contributed by atoms with Gasteiger partial charge in [0.1, 0.15) is 11.8 Å². The molecular formula is C32H26ClFN4O12. The number of ether oxygens (including phenoxy) is 5. The van der Waals surface area contributed by atoms with Crippen molar-refractivity contribution in [3.05, 3.63) is 103 Å². The maximum atomic E-state index is 14.3. The smallest absolute Gasteiger partial charge is 0.344 e. The Labute approximate surface area is 285 Å². The Morgan fingerprint density at radius 3 is 2.04 bits per heavy atom. The molecule has 0 unspecified atom stereocenters. The van der Waals surface area contributed by atoms with Crippen LogP contribution in [0, 0.1) is 5.82 Å². The van der Waals surface area contributed by atoms with Crippen molar-refractivity contribution in [1.29, 1.82) is 0 Å². The Kier molecular flexibility index (Phi) is 12.0. The molecule has 16 nitrogen and oxygen atoms in total. The molecule has 0 aliphatic carbocycles. The van der Waals surface area contributed by atoms with E-state index in [0.717, 1.165) is 30.5 Å². The van der Waals surface area contributed by atoms with Gasteiger partial charge in [0.05, 0.1) is 23.5 Å². The van der Waals surface area contributed by atoms with E-state index >= 15 is 0 Å². The number of nitrogens with zero attached hydrogens (tertiary/aromatic N) is 4. The molecular weight excluding hydrogens is 687 g/mol. The first-order valence-electron chi connectivity index (χ1n) is 14.6. The minimum atomic E-state index is -1.50. The van der Waals surface area contributed by atoms with Gasteiger partial charge in [-0.05, 0) is 25.1 Å². The number of carbonyl (C=O) groups is 5. The largest absolute Gasteiger partial charge is 0.421 e. The van der Waals surface area contributed by atoms with Gasteiger partial charge in [-0.25, -0.2) is 19.4 Å². The summed E-state index contributed by atoms with van der Waals surface area (Å²) in [5.41, 5.74) is -3.51. The molecule has 0 fully saturated rings. The molecule has 0 spiro atoms. The van der Waals surface area contributed by atoms with Gasteiger partial charge in [0.2, 0.25) is 23.5 Å². The van der Waals surface area contributed by atoms with Crippen LogP contribution in [0.15, 0.2) is 64.4 Å². The van der Waals surface area contributed by atoms with Crippen LogP contribution >= 0.6 is 11.6 Å². The van der Waals surface area contributed by atoms with Crippen LogP contribution in [0.1, 0.15) is 64.7 Å². The lowest BCUT2D eigenvalue weighted by Crippen LogP contribution is -2.45. The van der Waals surface area contributed by atoms with Crippen LogP contribution in [-0.4, -0.2) is 55.5 Å². The zero-order valence-electron chi connectivity index (χ0n) is 26.5. The van der Waals surface area contributed by atoms with E-state index in [1.165, 1.54) is 32.0 Å². The van der Waals surface area contributed by atoms with E-state index in [1.807, 2.05) is 0 Å². The van der Waals surface area contributed by atoms with Crippen LogP contribution in [0.25, 0.3) is 0 Å². The lowest BCUT2D eigenvalue weighted by atomic mass is 10.1. The molecule has 0 atom stereocenters. The first kappa shape index (κ1) is 36.8. The average Bonchev–Trinajstić information content (AvgIpc) is 3.10. The average molecular weight is 713 g/mol. The van der Waals surface area contributed by atoms with E-state index in [0.29, 0.717) is 10.8 Å². The van der Waals surface area contributed by atoms with E-state index < -0.39 is 59.5 Å². The Bertz CT molecular complexity index is 2080. The van der Waals surface area contributed by atoms with Crippen molar-refractivity contribution in [3.63, 3.8) is 0 Å². The van der Waals surface area contributed by atoms with E-state index in [-0.39, 0.29) is 63.2 Å². The normalized spacial score (nSPS) is 10.7. The van der Waals surface area contributed by atoms with Gasteiger partial charge < -0.3 is 23.7 Å². The molecule has 260 valence electrons. The molecule has 3 heterocycles. The second-order valence-corrected chi connectivity index (χ2v) is 10.2. The van der Waals surface area contributed by atoms with E-state index in [2.05, 4.69) is 9.97 Å². The van der Waals surface area contributed by atoms with Crippen LogP contribution in [-0.2, 0) is 21.1 Å². The van der Waals surface area contributed by atoms with Gasteiger partial charge in [-0.15, -0.1) is 0 Å². The standard InChI is InChI=1S/C32H26ClFN4O12/c1-4-26(39)48-24-11-19(12-25(36-24)49-27(40)5-2)31(44)47-22-13-23(35-14-20(22)33)50-30(43)18-9-7-8-17(10-18)28(41)38-29(42)21(34)15-37(32(38)45)16-46-6-3/h7-15H,4-6,16H2,1-3H3. The van der Waals surface area contributed by atoms with Gasteiger partial charge in [0.25, 0.3) is 11.5 Å². The van der Waals surface area contributed by atoms with Gasteiger partial charge >= 0.3 is 29.6 Å². The van der Waals surface area contributed by atoms with Crippen molar-refractivity contribution in [2.24, 2.45) is 0 Å². The molecule has 0 radical (unpaired) electrons. The number of benzene rings is 1. The quantitative estimate of drug-likeness (QED) is 0.194. The van der Waals surface area contributed by atoms with E-state index in [9.17, 15) is 38.0 Å². The molecule has 0 N–H and O–H groups in total. The summed E-state index contributed by atoms with van der Waals surface area (Å²) in [6.07, 6.45) is 1.59. The Morgan fingerprint density at radius 2 is 1.42 bits per heavy atom. The summed E-state index contributed by atoms with van der Waals surface area (Å²) in [7, 11) is 0. The zero-order valence-corrected chi connectivity index (χ0v) is 27.2. The van der Waals surface area contributed by atoms with Crippen LogP contribution in [0.3, 0.4) is 0 Å². The summed E-state index contributed by atoms with van der Waals surface area (Å²) in [6.45, 7) is 4.42. The summed E-state index contributed by atoms with van der Waals surface area (Å²) in [5, 5.41) is -0.189. The van der Waals surface area contributed by atoms with Gasteiger partial charge in [0, 0.05) is 43.2 Å².